The molecule has 1 saturated heterocycles. The van der Waals surface area contributed by atoms with E-state index in [1.807, 2.05) is 0 Å². The molecule has 100 valence electrons. The number of fused-ring (bicyclic) bond motifs is 1. The van der Waals surface area contributed by atoms with Crippen LogP contribution in [-0.2, 0) is 0 Å². The average Bonchev–Trinajstić information content (AvgIpc) is 3.03. The van der Waals surface area contributed by atoms with Crippen LogP contribution in [0.1, 0.15) is 44.1 Å². The lowest BCUT2D eigenvalue weighted by molar-refractivity contribution is 0.460. The van der Waals surface area contributed by atoms with E-state index in [4.69, 9.17) is 4.98 Å². The third-order valence-corrected chi connectivity index (χ3v) is 4.40. The number of nitrogens with zero attached hydrogens (tertiary/aromatic N) is 2. The second kappa shape index (κ2) is 4.04. The molecule has 2 atom stereocenters. The van der Waals surface area contributed by atoms with E-state index >= 15 is 0 Å². The molecule has 0 bridgehead atoms. The maximum Gasteiger partial charge on any atom is 0.127 e. The maximum absolute atomic E-state index is 13.5. The zero-order valence-corrected chi connectivity index (χ0v) is 11.1. The summed E-state index contributed by atoms with van der Waals surface area (Å²) in [7, 11) is 0. The van der Waals surface area contributed by atoms with Gasteiger partial charge in [-0.25, -0.2) is 9.37 Å². The monoisotopic (exact) mass is 259 g/mol. The van der Waals surface area contributed by atoms with Crippen LogP contribution in [0.3, 0.4) is 0 Å². The lowest BCUT2D eigenvalue weighted by atomic mass is 10.0. The Morgan fingerprint density at radius 1 is 1.32 bits per heavy atom. The highest BCUT2D eigenvalue weighted by atomic mass is 19.1. The summed E-state index contributed by atoms with van der Waals surface area (Å²) in [6.07, 6.45) is 3.57. The molecule has 19 heavy (non-hydrogen) atoms. The van der Waals surface area contributed by atoms with E-state index in [-0.39, 0.29) is 5.82 Å². The highest BCUT2D eigenvalue weighted by Crippen LogP contribution is 2.42. The van der Waals surface area contributed by atoms with Crippen LogP contribution in [-0.4, -0.2) is 16.1 Å². The van der Waals surface area contributed by atoms with Crippen molar-refractivity contribution in [2.24, 2.45) is 5.92 Å². The highest BCUT2D eigenvalue weighted by molar-refractivity contribution is 5.76. The SMILES string of the molecule is CC1CCNC1c1nc2ccc(F)cc2n1C1CC1. The molecule has 0 radical (unpaired) electrons. The standard InChI is InChI=1S/C15H18FN3/c1-9-6-7-17-14(9)15-18-12-5-2-10(16)8-13(12)19(15)11-3-4-11/h2,5,8-9,11,14,17H,3-4,6-7H2,1H3. The Balaban J connectivity index is 1.91. The van der Waals surface area contributed by atoms with Gasteiger partial charge in [-0.15, -0.1) is 0 Å². The first-order chi connectivity index (χ1) is 9.24. The second-order valence-corrected chi connectivity index (χ2v) is 5.90. The molecule has 1 saturated carbocycles. The van der Waals surface area contributed by atoms with Gasteiger partial charge in [-0.1, -0.05) is 6.92 Å². The van der Waals surface area contributed by atoms with Gasteiger partial charge in [0.2, 0.25) is 0 Å². The van der Waals surface area contributed by atoms with Crippen LogP contribution in [0.15, 0.2) is 18.2 Å². The molecule has 1 N–H and O–H groups in total. The first kappa shape index (κ1) is 11.4. The van der Waals surface area contributed by atoms with Gasteiger partial charge in [0.25, 0.3) is 0 Å². The fourth-order valence-corrected chi connectivity index (χ4v) is 3.20. The number of halogens is 1. The molecule has 4 heteroatoms. The van der Waals surface area contributed by atoms with Crippen LogP contribution in [0.5, 0.6) is 0 Å². The molecule has 2 aromatic rings. The van der Waals surface area contributed by atoms with Crippen molar-refractivity contribution in [2.45, 2.75) is 38.3 Å². The summed E-state index contributed by atoms with van der Waals surface area (Å²) in [6.45, 7) is 3.32. The molecule has 0 amide bonds. The number of hydrogen-bond donors (Lipinski definition) is 1. The number of hydrogen-bond acceptors (Lipinski definition) is 2. The van der Waals surface area contributed by atoms with Crippen molar-refractivity contribution in [1.82, 2.24) is 14.9 Å². The van der Waals surface area contributed by atoms with E-state index in [0.717, 1.165) is 23.4 Å². The predicted molar refractivity (Wildman–Crippen MR) is 72.5 cm³/mol. The van der Waals surface area contributed by atoms with Crippen LogP contribution >= 0.6 is 0 Å². The van der Waals surface area contributed by atoms with Crippen molar-refractivity contribution >= 4 is 11.0 Å². The average molecular weight is 259 g/mol. The van der Waals surface area contributed by atoms with Gasteiger partial charge in [0, 0.05) is 6.04 Å². The van der Waals surface area contributed by atoms with E-state index < -0.39 is 0 Å². The lowest BCUT2D eigenvalue weighted by Gasteiger charge is -2.17. The van der Waals surface area contributed by atoms with Crippen LogP contribution in [0.4, 0.5) is 4.39 Å². The second-order valence-electron chi connectivity index (χ2n) is 5.90. The molecule has 2 fully saturated rings. The minimum atomic E-state index is -0.173. The summed E-state index contributed by atoms with van der Waals surface area (Å²) in [5.74, 6) is 1.53. The summed E-state index contributed by atoms with van der Waals surface area (Å²) < 4.78 is 15.8. The fourth-order valence-electron chi connectivity index (χ4n) is 3.20. The van der Waals surface area contributed by atoms with Gasteiger partial charge in [0.15, 0.2) is 0 Å². The first-order valence-corrected chi connectivity index (χ1v) is 7.15. The zero-order valence-electron chi connectivity index (χ0n) is 11.1. The minimum absolute atomic E-state index is 0.173. The van der Waals surface area contributed by atoms with E-state index in [1.165, 1.54) is 25.3 Å². The van der Waals surface area contributed by atoms with Gasteiger partial charge >= 0.3 is 0 Å². The molecule has 2 aliphatic rings. The number of imidazole rings is 1. The maximum atomic E-state index is 13.5. The van der Waals surface area contributed by atoms with Crippen molar-refractivity contribution in [2.75, 3.05) is 6.54 Å². The molecule has 2 unspecified atom stereocenters. The molecule has 3 nitrogen and oxygen atoms in total. The van der Waals surface area contributed by atoms with Crippen LogP contribution in [0.25, 0.3) is 11.0 Å². The van der Waals surface area contributed by atoms with Crippen molar-refractivity contribution in [3.05, 3.63) is 29.8 Å². The zero-order chi connectivity index (χ0) is 13.0. The Hall–Kier alpha value is -1.42. The predicted octanol–water partition coefficient (Wildman–Crippen LogP) is 3.18. The minimum Gasteiger partial charge on any atom is -0.323 e. The fraction of sp³-hybridized carbons (Fsp3) is 0.533. The van der Waals surface area contributed by atoms with Gasteiger partial charge in [0.1, 0.15) is 11.6 Å². The molecule has 1 aliphatic heterocycles. The number of nitrogens with one attached hydrogen (secondary N) is 1. The van der Waals surface area contributed by atoms with Crippen molar-refractivity contribution in [1.29, 1.82) is 0 Å². The topological polar surface area (TPSA) is 29.9 Å². The first-order valence-electron chi connectivity index (χ1n) is 7.15. The van der Waals surface area contributed by atoms with E-state index in [1.54, 1.807) is 12.1 Å². The molecule has 2 heterocycles. The lowest BCUT2D eigenvalue weighted by Crippen LogP contribution is -2.21. The van der Waals surface area contributed by atoms with Gasteiger partial charge in [-0.3, -0.25) is 0 Å². The van der Waals surface area contributed by atoms with Crippen molar-refractivity contribution in [3.63, 3.8) is 0 Å². The molecule has 4 rings (SSSR count). The van der Waals surface area contributed by atoms with E-state index in [9.17, 15) is 4.39 Å². The molecular weight excluding hydrogens is 241 g/mol. The van der Waals surface area contributed by atoms with Gasteiger partial charge in [0.05, 0.1) is 17.1 Å². The quantitative estimate of drug-likeness (QED) is 0.897. The highest BCUT2D eigenvalue weighted by Gasteiger charge is 2.34. The van der Waals surface area contributed by atoms with Crippen LogP contribution < -0.4 is 5.32 Å². The molecule has 1 aromatic carbocycles. The normalized spacial score (nSPS) is 27.3. The van der Waals surface area contributed by atoms with Crippen molar-refractivity contribution in [3.8, 4) is 0 Å². The third-order valence-electron chi connectivity index (χ3n) is 4.40. The van der Waals surface area contributed by atoms with Crippen LogP contribution in [0.2, 0.25) is 0 Å². The molecule has 0 spiro atoms. The number of aromatic nitrogens is 2. The largest absolute Gasteiger partial charge is 0.323 e. The summed E-state index contributed by atoms with van der Waals surface area (Å²) in [5.41, 5.74) is 1.88. The smallest absolute Gasteiger partial charge is 0.127 e. The van der Waals surface area contributed by atoms with Crippen LogP contribution in [0, 0.1) is 11.7 Å². The third kappa shape index (κ3) is 1.77. The Morgan fingerprint density at radius 3 is 2.84 bits per heavy atom. The Labute approximate surface area is 111 Å². The van der Waals surface area contributed by atoms with E-state index in [0.29, 0.717) is 18.0 Å². The summed E-state index contributed by atoms with van der Waals surface area (Å²) >= 11 is 0. The molecule has 1 aliphatic carbocycles. The molecular formula is C15H18FN3. The van der Waals surface area contributed by atoms with Crippen molar-refractivity contribution < 1.29 is 4.39 Å². The Kier molecular flexibility index (Phi) is 2.42. The number of rotatable bonds is 2. The summed E-state index contributed by atoms with van der Waals surface area (Å²) in [4.78, 5) is 4.78. The van der Waals surface area contributed by atoms with Gasteiger partial charge < -0.3 is 9.88 Å². The Bertz CT molecular complexity index is 630. The van der Waals surface area contributed by atoms with E-state index in [2.05, 4.69) is 16.8 Å². The Morgan fingerprint density at radius 2 is 2.16 bits per heavy atom. The van der Waals surface area contributed by atoms with Gasteiger partial charge in [-0.2, -0.15) is 0 Å². The number of benzene rings is 1. The molecule has 1 aromatic heterocycles. The summed E-state index contributed by atoms with van der Waals surface area (Å²) in [6, 6.07) is 5.77. The summed E-state index contributed by atoms with van der Waals surface area (Å²) in [5, 5.41) is 3.54. The van der Waals surface area contributed by atoms with Gasteiger partial charge in [-0.05, 0) is 49.9 Å².